The van der Waals surface area contributed by atoms with Crippen LogP contribution in [0.15, 0.2) is 18.2 Å². The first kappa shape index (κ1) is 18.5. The molecule has 0 aromatic heterocycles. The van der Waals surface area contributed by atoms with Gasteiger partial charge in [-0.2, -0.15) is 0 Å². The smallest absolute Gasteiger partial charge is 0.339 e. The summed E-state index contributed by atoms with van der Waals surface area (Å²) in [6.07, 6.45) is 12.1. The Morgan fingerprint density at radius 2 is 1.57 bits per heavy atom. The van der Waals surface area contributed by atoms with Gasteiger partial charge in [0.15, 0.2) is 0 Å². The Hall–Kier alpha value is -0.887. The molecule has 122 valence electrons. The minimum absolute atomic E-state index is 0. The molecule has 23 heavy (non-hydrogen) atoms. The maximum absolute atomic E-state index is 11.6. The van der Waals surface area contributed by atoms with E-state index >= 15 is 0 Å². The third kappa shape index (κ3) is 4.79. The van der Waals surface area contributed by atoms with Crippen molar-refractivity contribution >= 4 is 5.97 Å². The predicted molar refractivity (Wildman–Crippen MR) is 86.7 cm³/mol. The molecule has 0 saturated heterocycles. The molecule has 2 saturated carbocycles. The molecular weight excluding hydrogens is 342 g/mol. The van der Waals surface area contributed by atoms with Crippen molar-refractivity contribution in [3.63, 3.8) is 0 Å². The van der Waals surface area contributed by atoms with E-state index in [9.17, 15) is 9.90 Å². The molecule has 2 aliphatic rings. The van der Waals surface area contributed by atoms with Gasteiger partial charge in [-0.1, -0.05) is 31.7 Å². The van der Waals surface area contributed by atoms with E-state index in [-0.39, 0.29) is 25.6 Å². The molecule has 1 aromatic carbocycles. The van der Waals surface area contributed by atoms with E-state index in [1.165, 1.54) is 56.9 Å². The number of hydrogen-bond acceptors (Lipinski definition) is 2. The van der Waals surface area contributed by atoms with Crippen molar-refractivity contribution in [2.45, 2.75) is 76.2 Å². The number of benzene rings is 1. The Labute approximate surface area is 151 Å². The van der Waals surface area contributed by atoms with Crippen LogP contribution in [0.2, 0.25) is 0 Å². The summed E-state index contributed by atoms with van der Waals surface area (Å²) in [6, 6.07) is 5.83. The first-order chi connectivity index (χ1) is 10.7. The summed E-state index contributed by atoms with van der Waals surface area (Å²) < 4.78 is 6.01. The average molecular weight is 368 g/mol. The molecular formula is C19H26O3Zn. The molecule has 1 aromatic rings. The molecule has 3 nitrogen and oxygen atoms in total. The Morgan fingerprint density at radius 3 is 2.17 bits per heavy atom. The quantitative estimate of drug-likeness (QED) is 0.749. The van der Waals surface area contributed by atoms with E-state index < -0.39 is 5.97 Å². The largest absolute Gasteiger partial charge is 0.490 e. The molecule has 2 aliphatic carbocycles. The monoisotopic (exact) mass is 366 g/mol. The van der Waals surface area contributed by atoms with Crippen molar-refractivity contribution in [2.24, 2.45) is 0 Å². The third-order valence-corrected chi connectivity index (χ3v) is 5.16. The molecule has 1 N–H and O–H groups in total. The van der Waals surface area contributed by atoms with E-state index in [4.69, 9.17) is 4.74 Å². The zero-order valence-corrected chi connectivity index (χ0v) is 16.9. The molecule has 0 bridgehead atoms. The van der Waals surface area contributed by atoms with Crippen molar-refractivity contribution in [2.75, 3.05) is 0 Å². The maximum Gasteiger partial charge on any atom is 0.339 e. The maximum atomic E-state index is 11.6. The Morgan fingerprint density at radius 1 is 0.957 bits per heavy atom. The summed E-state index contributed by atoms with van der Waals surface area (Å²) in [6.45, 7) is 0. The van der Waals surface area contributed by atoms with Crippen LogP contribution in [-0.4, -0.2) is 17.2 Å². The molecule has 0 heterocycles. The number of ether oxygens (including phenoxy) is 1. The molecule has 0 atom stereocenters. The van der Waals surface area contributed by atoms with Crippen LogP contribution in [-0.2, 0) is 19.5 Å². The molecule has 4 heteroatoms. The molecule has 0 amide bonds. The van der Waals surface area contributed by atoms with E-state index in [1.807, 2.05) is 12.1 Å². The zero-order valence-electron chi connectivity index (χ0n) is 13.9. The van der Waals surface area contributed by atoms with E-state index in [1.54, 1.807) is 0 Å². The Kier molecular flexibility index (Phi) is 7.08. The van der Waals surface area contributed by atoms with Gasteiger partial charge in [0.2, 0.25) is 0 Å². The van der Waals surface area contributed by atoms with Crippen molar-refractivity contribution in [3.05, 3.63) is 29.3 Å². The van der Waals surface area contributed by atoms with E-state index in [0.717, 1.165) is 12.8 Å². The van der Waals surface area contributed by atoms with Crippen molar-refractivity contribution < 1.29 is 34.1 Å². The van der Waals surface area contributed by atoms with Crippen LogP contribution in [0.4, 0.5) is 0 Å². The molecule has 0 aliphatic heterocycles. The average Bonchev–Trinajstić information content (AvgIpc) is 2.57. The summed E-state index contributed by atoms with van der Waals surface area (Å²) in [5.74, 6) is 0.206. The minimum Gasteiger partial charge on any atom is -0.490 e. The summed E-state index contributed by atoms with van der Waals surface area (Å²) in [7, 11) is 0. The fourth-order valence-corrected chi connectivity index (χ4v) is 3.87. The van der Waals surface area contributed by atoms with Gasteiger partial charge in [0.1, 0.15) is 11.3 Å². The van der Waals surface area contributed by atoms with Crippen LogP contribution < -0.4 is 4.74 Å². The normalized spacial score (nSPS) is 19.8. The second-order valence-electron chi connectivity index (χ2n) is 6.77. The number of hydrogen-bond donors (Lipinski definition) is 1. The summed E-state index contributed by atoms with van der Waals surface area (Å²) >= 11 is 0. The third-order valence-electron chi connectivity index (χ3n) is 5.16. The van der Waals surface area contributed by atoms with Crippen LogP contribution in [0.3, 0.4) is 0 Å². The van der Waals surface area contributed by atoms with Gasteiger partial charge >= 0.3 is 5.97 Å². The SMILES string of the molecule is O=C(O)c1cc(C2CCCCC2)ccc1OC1CCCCC1.[Zn]. The second kappa shape index (κ2) is 8.82. The van der Waals surface area contributed by atoms with E-state index in [2.05, 4.69) is 6.07 Å². The van der Waals surface area contributed by atoms with Crippen LogP contribution in [0, 0.1) is 0 Å². The minimum atomic E-state index is -0.872. The van der Waals surface area contributed by atoms with Gasteiger partial charge in [-0.25, -0.2) is 4.79 Å². The Bertz CT molecular complexity index is 517. The van der Waals surface area contributed by atoms with Gasteiger partial charge in [0.05, 0.1) is 6.10 Å². The van der Waals surface area contributed by atoms with Gasteiger partial charge in [-0.05, 0) is 62.1 Å². The predicted octanol–water partition coefficient (Wildman–Crippen LogP) is 5.14. The van der Waals surface area contributed by atoms with Crippen molar-refractivity contribution in [3.8, 4) is 5.75 Å². The van der Waals surface area contributed by atoms with Gasteiger partial charge < -0.3 is 9.84 Å². The number of carboxylic acids is 1. The first-order valence-electron chi connectivity index (χ1n) is 8.78. The van der Waals surface area contributed by atoms with Crippen molar-refractivity contribution in [1.29, 1.82) is 0 Å². The van der Waals surface area contributed by atoms with Crippen LogP contribution in [0.25, 0.3) is 0 Å². The number of carboxylic acid groups (broad SMARTS) is 1. The Balaban J connectivity index is 0.00000192. The topological polar surface area (TPSA) is 46.5 Å². The molecule has 2 fully saturated rings. The molecule has 0 spiro atoms. The molecule has 3 rings (SSSR count). The standard InChI is InChI=1S/C19H26O3.Zn/c20-19(21)17-13-15(14-7-3-1-4-8-14)11-12-18(17)22-16-9-5-2-6-10-16;/h11-14,16H,1-10H2,(H,20,21);. The number of carbonyl (C=O) groups is 1. The van der Waals surface area contributed by atoms with Gasteiger partial charge in [0, 0.05) is 19.5 Å². The van der Waals surface area contributed by atoms with Crippen LogP contribution in [0.1, 0.15) is 86.0 Å². The van der Waals surface area contributed by atoms with E-state index in [0.29, 0.717) is 17.2 Å². The fourth-order valence-electron chi connectivity index (χ4n) is 3.87. The van der Waals surface area contributed by atoms with Gasteiger partial charge in [-0.3, -0.25) is 0 Å². The summed E-state index contributed by atoms with van der Waals surface area (Å²) in [5.41, 5.74) is 1.52. The first-order valence-corrected chi connectivity index (χ1v) is 8.78. The number of rotatable bonds is 4. The summed E-state index contributed by atoms with van der Waals surface area (Å²) in [5, 5.41) is 9.54. The number of aromatic carboxylic acids is 1. The van der Waals surface area contributed by atoms with Crippen LogP contribution in [0.5, 0.6) is 5.75 Å². The van der Waals surface area contributed by atoms with Crippen molar-refractivity contribution in [1.82, 2.24) is 0 Å². The zero-order chi connectivity index (χ0) is 15.4. The second-order valence-corrected chi connectivity index (χ2v) is 6.77. The summed E-state index contributed by atoms with van der Waals surface area (Å²) in [4.78, 5) is 11.6. The van der Waals surface area contributed by atoms with Gasteiger partial charge in [-0.15, -0.1) is 0 Å². The molecule has 0 radical (unpaired) electrons. The van der Waals surface area contributed by atoms with Gasteiger partial charge in [0.25, 0.3) is 0 Å². The van der Waals surface area contributed by atoms with Crippen LogP contribution >= 0.6 is 0 Å². The fraction of sp³-hybridized carbons (Fsp3) is 0.632. The molecule has 0 unspecified atom stereocenters.